The second kappa shape index (κ2) is 7.93. The van der Waals surface area contributed by atoms with Gasteiger partial charge in [-0.05, 0) is 18.8 Å². The third-order valence-corrected chi connectivity index (χ3v) is 3.61. The molecule has 0 bridgehead atoms. The molecule has 2 fully saturated rings. The van der Waals surface area contributed by atoms with Gasteiger partial charge >= 0.3 is 0 Å². The summed E-state index contributed by atoms with van der Waals surface area (Å²) in [7, 11) is 0. The number of carbonyl (C=O) groups is 1. The number of hydrogen-bond acceptors (Lipinski definition) is 5. The van der Waals surface area contributed by atoms with Crippen LogP contribution in [0.4, 0.5) is 0 Å². The van der Waals surface area contributed by atoms with E-state index in [2.05, 4.69) is 5.43 Å². The molecular weight excluding hydrogens is 260 g/mol. The Hall–Kier alpha value is -0.690. The summed E-state index contributed by atoms with van der Waals surface area (Å²) in [6, 6.07) is 0. The van der Waals surface area contributed by atoms with Crippen LogP contribution in [0.2, 0.25) is 0 Å². The Bertz CT molecular complexity index is 298. The molecule has 1 amide bonds. The number of hydrogen-bond donors (Lipinski definition) is 1. The van der Waals surface area contributed by atoms with Gasteiger partial charge in [-0.2, -0.15) is 0 Å². The Morgan fingerprint density at radius 1 is 1.40 bits per heavy atom. The summed E-state index contributed by atoms with van der Waals surface area (Å²) in [5.74, 6) is 0.123. The molecule has 6 nitrogen and oxygen atoms in total. The molecule has 0 aromatic rings. The van der Waals surface area contributed by atoms with Crippen molar-refractivity contribution in [3.63, 3.8) is 0 Å². The second-order valence-corrected chi connectivity index (χ2v) is 5.64. The van der Waals surface area contributed by atoms with E-state index in [1.165, 1.54) is 0 Å². The molecule has 2 heterocycles. The van der Waals surface area contributed by atoms with Crippen LogP contribution in [0.15, 0.2) is 0 Å². The van der Waals surface area contributed by atoms with Gasteiger partial charge in [-0.1, -0.05) is 13.8 Å². The molecule has 6 heteroatoms. The van der Waals surface area contributed by atoms with Gasteiger partial charge in [0.25, 0.3) is 5.91 Å². The van der Waals surface area contributed by atoms with Crippen molar-refractivity contribution in [2.45, 2.75) is 38.9 Å². The number of hydrazine groups is 1. The van der Waals surface area contributed by atoms with E-state index in [9.17, 15) is 4.79 Å². The minimum absolute atomic E-state index is 0.0107. The zero-order valence-electron chi connectivity index (χ0n) is 12.5. The monoisotopic (exact) mass is 286 g/mol. The Morgan fingerprint density at radius 2 is 2.25 bits per heavy atom. The largest absolute Gasteiger partial charge is 0.378 e. The molecule has 2 atom stereocenters. The first kappa shape index (κ1) is 15.7. The molecule has 0 aliphatic carbocycles. The zero-order valence-corrected chi connectivity index (χ0v) is 12.5. The first-order chi connectivity index (χ1) is 9.68. The highest BCUT2D eigenvalue weighted by atomic mass is 16.5. The van der Waals surface area contributed by atoms with E-state index in [4.69, 9.17) is 14.2 Å². The molecule has 116 valence electrons. The standard InChI is InChI=1S/C14H26N2O4/c1-11(2)13(20-10-12-4-3-7-19-12)14(17)16-6-9-18-8-5-15-16/h11-13,15H,3-10H2,1-2H3. The van der Waals surface area contributed by atoms with Crippen LogP contribution in [0.25, 0.3) is 0 Å². The second-order valence-electron chi connectivity index (χ2n) is 5.64. The summed E-state index contributed by atoms with van der Waals surface area (Å²) in [6.07, 6.45) is 1.82. The lowest BCUT2D eigenvalue weighted by atomic mass is 10.1. The van der Waals surface area contributed by atoms with Crippen LogP contribution in [0.5, 0.6) is 0 Å². The van der Waals surface area contributed by atoms with Gasteiger partial charge in [-0.3, -0.25) is 9.80 Å². The van der Waals surface area contributed by atoms with Gasteiger partial charge in [0, 0.05) is 13.2 Å². The Balaban J connectivity index is 1.86. The van der Waals surface area contributed by atoms with Crippen LogP contribution < -0.4 is 5.43 Å². The maximum absolute atomic E-state index is 12.5. The fourth-order valence-electron chi connectivity index (χ4n) is 2.47. The van der Waals surface area contributed by atoms with E-state index >= 15 is 0 Å². The van der Waals surface area contributed by atoms with Crippen LogP contribution in [-0.2, 0) is 19.0 Å². The van der Waals surface area contributed by atoms with Crippen LogP contribution in [0, 0.1) is 5.92 Å². The molecule has 2 aliphatic heterocycles. The molecule has 0 spiro atoms. The molecule has 2 unspecified atom stereocenters. The summed E-state index contributed by atoms with van der Waals surface area (Å²) in [5.41, 5.74) is 3.09. The van der Waals surface area contributed by atoms with Crippen molar-refractivity contribution < 1.29 is 19.0 Å². The fraction of sp³-hybridized carbons (Fsp3) is 0.929. The first-order valence-corrected chi connectivity index (χ1v) is 7.54. The number of amides is 1. The van der Waals surface area contributed by atoms with Gasteiger partial charge in [0.05, 0.1) is 32.5 Å². The number of nitrogens with zero attached hydrogens (tertiary/aromatic N) is 1. The molecule has 20 heavy (non-hydrogen) atoms. The van der Waals surface area contributed by atoms with Crippen molar-refractivity contribution in [3.8, 4) is 0 Å². The zero-order chi connectivity index (χ0) is 14.4. The van der Waals surface area contributed by atoms with E-state index in [0.29, 0.717) is 32.9 Å². The minimum atomic E-state index is -0.426. The molecule has 0 radical (unpaired) electrons. The maximum atomic E-state index is 12.5. The van der Waals surface area contributed by atoms with Crippen molar-refractivity contribution in [1.29, 1.82) is 0 Å². The Kier molecular flexibility index (Phi) is 6.22. The van der Waals surface area contributed by atoms with E-state index in [-0.39, 0.29) is 17.9 Å². The molecule has 2 saturated heterocycles. The van der Waals surface area contributed by atoms with Crippen molar-refractivity contribution in [3.05, 3.63) is 0 Å². The number of nitrogens with one attached hydrogen (secondary N) is 1. The van der Waals surface area contributed by atoms with Crippen LogP contribution in [0.1, 0.15) is 26.7 Å². The SMILES string of the molecule is CC(C)C(OCC1CCCO1)C(=O)N1CCOCCN1. The van der Waals surface area contributed by atoms with Crippen molar-refractivity contribution in [1.82, 2.24) is 10.4 Å². The third-order valence-electron chi connectivity index (χ3n) is 3.61. The molecule has 1 N–H and O–H groups in total. The highest BCUT2D eigenvalue weighted by Gasteiger charge is 2.30. The molecule has 2 rings (SSSR count). The van der Waals surface area contributed by atoms with Crippen molar-refractivity contribution in [2.24, 2.45) is 5.92 Å². The van der Waals surface area contributed by atoms with Crippen molar-refractivity contribution >= 4 is 5.91 Å². The molecule has 2 aliphatic rings. The van der Waals surface area contributed by atoms with Gasteiger partial charge in [-0.25, -0.2) is 5.43 Å². The van der Waals surface area contributed by atoms with Gasteiger partial charge < -0.3 is 14.2 Å². The predicted molar refractivity (Wildman–Crippen MR) is 74.1 cm³/mol. The summed E-state index contributed by atoms with van der Waals surface area (Å²) >= 11 is 0. The lowest BCUT2D eigenvalue weighted by Gasteiger charge is -2.28. The Morgan fingerprint density at radius 3 is 2.95 bits per heavy atom. The lowest BCUT2D eigenvalue weighted by Crippen LogP contribution is -2.50. The summed E-state index contributed by atoms with van der Waals surface area (Å²) < 4.78 is 16.7. The van der Waals surface area contributed by atoms with Crippen LogP contribution in [0.3, 0.4) is 0 Å². The molecule has 0 aromatic heterocycles. The van der Waals surface area contributed by atoms with Gasteiger partial charge in [0.1, 0.15) is 6.10 Å². The van der Waals surface area contributed by atoms with E-state index in [0.717, 1.165) is 19.4 Å². The average Bonchev–Trinajstić information content (AvgIpc) is 2.79. The smallest absolute Gasteiger partial charge is 0.266 e. The predicted octanol–water partition coefficient (Wildman–Crippen LogP) is 0.570. The van der Waals surface area contributed by atoms with Gasteiger partial charge in [0.2, 0.25) is 0 Å². The number of rotatable bonds is 5. The quantitative estimate of drug-likeness (QED) is 0.800. The van der Waals surface area contributed by atoms with Gasteiger partial charge in [0.15, 0.2) is 0 Å². The lowest BCUT2D eigenvalue weighted by molar-refractivity contribution is -0.152. The summed E-state index contributed by atoms with van der Waals surface area (Å²) in [6.45, 7) is 7.73. The maximum Gasteiger partial charge on any atom is 0.266 e. The molecular formula is C14H26N2O4. The normalized spacial score (nSPS) is 25.8. The van der Waals surface area contributed by atoms with Crippen molar-refractivity contribution in [2.75, 3.05) is 39.5 Å². The Labute approximate surface area is 120 Å². The summed E-state index contributed by atoms with van der Waals surface area (Å²) in [5, 5.41) is 1.63. The van der Waals surface area contributed by atoms with Gasteiger partial charge in [-0.15, -0.1) is 0 Å². The van der Waals surface area contributed by atoms with Crippen LogP contribution >= 0.6 is 0 Å². The molecule has 0 aromatic carbocycles. The highest BCUT2D eigenvalue weighted by Crippen LogP contribution is 2.16. The fourth-order valence-corrected chi connectivity index (χ4v) is 2.47. The average molecular weight is 286 g/mol. The highest BCUT2D eigenvalue weighted by molar-refractivity contribution is 5.80. The number of carbonyl (C=O) groups excluding carboxylic acids is 1. The van der Waals surface area contributed by atoms with E-state index < -0.39 is 6.10 Å². The topological polar surface area (TPSA) is 60.0 Å². The molecule has 0 saturated carbocycles. The van der Waals surface area contributed by atoms with E-state index in [1.807, 2.05) is 13.8 Å². The first-order valence-electron chi connectivity index (χ1n) is 7.54. The van der Waals surface area contributed by atoms with Crippen LogP contribution in [-0.4, -0.2) is 62.6 Å². The minimum Gasteiger partial charge on any atom is -0.378 e. The third kappa shape index (κ3) is 4.41. The number of ether oxygens (including phenoxy) is 3. The van der Waals surface area contributed by atoms with E-state index in [1.54, 1.807) is 5.01 Å². The summed E-state index contributed by atoms with van der Waals surface area (Å²) in [4.78, 5) is 12.5.